The molecule has 4 nitrogen and oxygen atoms in total. The second-order valence-corrected chi connectivity index (χ2v) is 5.08. The molecule has 0 spiro atoms. The molecule has 0 bridgehead atoms. The van der Waals surface area contributed by atoms with Crippen molar-refractivity contribution in [2.75, 3.05) is 0 Å². The van der Waals surface area contributed by atoms with Crippen LogP contribution in [0, 0.1) is 0 Å². The zero-order chi connectivity index (χ0) is 13.5. The molecule has 2 unspecified atom stereocenters. The molecular formula is C10H10F3NO3S. The summed E-state index contributed by atoms with van der Waals surface area (Å²) in [6.45, 7) is 1.82. The Labute approximate surface area is 104 Å². The largest absolute Gasteiger partial charge is 0.477 e. The van der Waals surface area contributed by atoms with Gasteiger partial charge in [-0.25, -0.2) is 9.78 Å². The van der Waals surface area contributed by atoms with Crippen molar-refractivity contribution in [3.05, 3.63) is 15.6 Å². The van der Waals surface area contributed by atoms with Crippen molar-refractivity contribution in [2.24, 2.45) is 0 Å². The maximum Gasteiger partial charge on any atom is 0.435 e. The molecule has 1 aromatic rings. The van der Waals surface area contributed by atoms with Crippen molar-refractivity contribution in [2.45, 2.75) is 38.1 Å². The van der Waals surface area contributed by atoms with E-state index in [1.165, 1.54) is 0 Å². The molecule has 100 valence electrons. The predicted octanol–water partition coefficient (Wildman–Crippen LogP) is 3.10. The van der Waals surface area contributed by atoms with Crippen molar-refractivity contribution >= 4 is 17.3 Å². The van der Waals surface area contributed by atoms with E-state index >= 15 is 0 Å². The van der Waals surface area contributed by atoms with Gasteiger partial charge in [-0.2, -0.15) is 13.2 Å². The van der Waals surface area contributed by atoms with E-state index in [0.717, 1.165) is 6.42 Å². The minimum absolute atomic E-state index is 0.0403. The van der Waals surface area contributed by atoms with Gasteiger partial charge in [-0.3, -0.25) is 0 Å². The zero-order valence-electron chi connectivity index (χ0n) is 9.32. The van der Waals surface area contributed by atoms with E-state index in [9.17, 15) is 18.0 Å². The summed E-state index contributed by atoms with van der Waals surface area (Å²) in [5, 5.41) is 8.85. The number of rotatable bonds is 2. The number of aromatic nitrogens is 1. The Kier molecular flexibility index (Phi) is 3.33. The zero-order valence-corrected chi connectivity index (χ0v) is 10.1. The van der Waals surface area contributed by atoms with Gasteiger partial charge in [0, 0.05) is 0 Å². The van der Waals surface area contributed by atoms with E-state index in [4.69, 9.17) is 9.84 Å². The first-order valence-corrected chi connectivity index (χ1v) is 6.07. The molecule has 18 heavy (non-hydrogen) atoms. The van der Waals surface area contributed by atoms with Crippen LogP contribution in [0.5, 0.6) is 0 Å². The number of carboxylic acids is 1. The van der Waals surface area contributed by atoms with Gasteiger partial charge in [0.15, 0.2) is 5.69 Å². The van der Waals surface area contributed by atoms with Crippen molar-refractivity contribution in [3.63, 3.8) is 0 Å². The lowest BCUT2D eigenvalue weighted by Crippen LogP contribution is -2.11. The smallest absolute Gasteiger partial charge is 0.435 e. The van der Waals surface area contributed by atoms with Gasteiger partial charge in [-0.1, -0.05) is 0 Å². The topological polar surface area (TPSA) is 59.4 Å². The molecule has 0 amide bonds. The maximum absolute atomic E-state index is 12.6. The fraction of sp³-hybridized carbons (Fsp3) is 0.600. The molecule has 2 rings (SSSR count). The number of hydrogen-bond acceptors (Lipinski definition) is 4. The number of carbonyl (C=O) groups is 1. The van der Waals surface area contributed by atoms with E-state index < -0.39 is 28.8 Å². The number of carboxylic acid groups (broad SMARTS) is 1. The van der Waals surface area contributed by atoms with Crippen molar-refractivity contribution < 1.29 is 27.8 Å². The van der Waals surface area contributed by atoms with Crippen LogP contribution in [-0.4, -0.2) is 22.2 Å². The minimum atomic E-state index is -4.76. The molecule has 0 saturated carbocycles. The molecule has 1 saturated heterocycles. The van der Waals surface area contributed by atoms with Gasteiger partial charge in [0.25, 0.3) is 0 Å². The summed E-state index contributed by atoms with van der Waals surface area (Å²) in [7, 11) is 0. The monoisotopic (exact) mass is 281 g/mol. The van der Waals surface area contributed by atoms with Gasteiger partial charge in [0.2, 0.25) is 0 Å². The molecule has 1 aliphatic heterocycles. The van der Waals surface area contributed by atoms with Gasteiger partial charge in [-0.15, -0.1) is 11.3 Å². The van der Waals surface area contributed by atoms with E-state index in [2.05, 4.69) is 4.98 Å². The Bertz CT molecular complexity index is 471. The van der Waals surface area contributed by atoms with Crippen LogP contribution in [0.2, 0.25) is 0 Å². The Balaban J connectivity index is 2.37. The van der Waals surface area contributed by atoms with Crippen LogP contribution in [-0.2, 0) is 10.9 Å². The van der Waals surface area contributed by atoms with E-state index in [1.807, 2.05) is 6.92 Å². The Morgan fingerprint density at radius 3 is 2.56 bits per heavy atom. The lowest BCUT2D eigenvalue weighted by Gasteiger charge is -2.07. The van der Waals surface area contributed by atoms with Crippen LogP contribution in [0.3, 0.4) is 0 Å². The molecule has 0 aromatic carbocycles. The summed E-state index contributed by atoms with van der Waals surface area (Å²) in [6.07, 6.45) is -4.04. The van der Waals surface area contributed by atoms with Crippen LogP contribution >= 0.6 is 11.3 Å². The fourth-order valence-electron chi connectivity index (χ4n) is 1.80. The highest BCUT2D eigenvalue weighted by Gasteiger charge is 2.41. The number of alkyl halides is 3. The average molecular weight is 281 g/mol. The summed E-state index contributed by atoms with van der Waals surface area (Å²) >= 11 is 0.538. The van der Waals surface area contributed by atoms with E-state index in [-0.39, 0.29) is 11.1 Å². The summed E-state index contributed by atoms with van der Waals surface area (Å²) in [6, 6.07) is 0. The first kappa shape index (κ1) is 13.3. The van der Waals surface area contributed by atoms with Gasteiger partial charge in [0.05, 0.1) is 6.10 Å². The molecule has 1 N–H and O–H groups in total. The molecule has 0 aliphatic carbocycles. The number of hydrogen-bond donors (Lipinski definition) is 1. The Hall–Kier alpha value is -1.15. The van der Waals surface area contributed by atoms with Crippen molar-refractivity contribution in [1.82, 2.24) is 4.98 Å². The quantitative estimate of drug-likeness (QED) is 0.905. The molecule has 1 fully saturated rings. The first-order chi connectivity index (χ1) is 8.29. The third-order valence-electron chi connectivity index (χ3n) is 2.61. The molecule has 0 radical (unpaired) electrons. The molecule has 1 aromatic heterocycles. The first-order valence-electron chi connectivity index (χ1n) is 5.25. The number of nitrogens with zero attached hydrogens (tertiary/aromatic N) is 1. The Morgan fingerprint density at radius 1 is 1.50 bits per heavy atom. The van der Waals surface area contributed by atoms with Gasteiger partial charge < -0.3 is 9.84 Å². The molecule has 1 aliphatic rings. The van der Waals surface area contributed by atoms with Gasteiger partial charge >= 0.3 is 12.1 Å². The number of aromatic carboxylic acids is 1. The maximum atomic E-state index is 12.6. The number of thiazole rings is 1. The second kappa shape index (κ2) is 4.51. The number of halogens is 3. The van der Waals surface area contributed by atoms with Gasteiger partial charge in [-0.05, 0) is 19.8 Å². The lowest BCUT2D eigenvalue weighted by atomic mass is 10.2. The van der Waals surface area contributed by atoms with Crippen LogP contribution in [0.4, 0.5) is 13.2 Å². The molecule has 8 heteroatoms. The predicted molar refractivity (Wildman–Crippen MR) is 56.6 cm³/mol. The van der Waals surface area contributed by atoms with Crippen molar-refractivity contribution in [1.29, 1.82) is 0 Å². The normalized spacial score (nSPS) is 24.4. The minimum Gasteiger partial charge on any atom is -0.477 e. The third-order valence-corrected chi connectivity index (χ3v) is 3.75. The molecule has 2 heterocycles. The SMILES string of the molecule is CC1CCC(c2nc(C(F)(F)F)c(C(=O)O)s2)O1. The summed E-state index contributed by atoms with van der Waals surface area (Å²) < 4.78 is 43.3. The highest BCUT2D eigenvalue weighted by molar-refractivity contribution is 7.13. The van der Waals surface area contributed by atoms with Gasteiger partial charge in [0.1, 0.15) is 16.0 Å². The van der Waals surface area contributed by atoms with Crippen molar-refractivity contribution in [3.8, 4) is 0 Å². The van der Waals surface area contributed by atoms with Crippen LogP contribution in [0.25, 0.3) is 0 Å². The summed E-state index contributed by atoms with van der Waals surface area (Å²) in [5.74, 6) is -1.61. The third kappa shape index (κ3) is 2.49. The van der Waals surface area contributed by atoms with Crippen LogP contribution < -0.4 is 0 Å². The fourth-order valence-corrected chi connectivity index (χ4v) is 2.79. The highest BCUT2D eigenvalue weighted by atomic mass is 32.1. The summed E-state index contributed by atoms with van der Waals surface area (Å²) in [4.78, 5) is 13.4. The van der Waals surface area contributed by atoms with Crippen LogP contribution in [0.15, 0.2) is 0 Å². The average Bonchev–Trinajstić information content (AvgIpc) is 2.81. The number of ether oxygens (including phenoxy) is 1. The van der Waals surface area contributed by atoms with E-state index in [0.29, 0.717) is 17.8 Å². The van der Waals surface area contributed by atoms with Crippen LogP contribution in [0.1, 0.15) is 46.2 Å². The standard InChI is InChI=1S/C10H10F3NO3S/c1-4-2-3-5(17-4)8-14-7(10(11,12)13)6(18-8)9(15)16/h4-5H,2-3H2,1H3,(H,15,16). The Morgan fingerprint density at radius 2 is 2.17 bits per heavy atom. The second-order valence-electron chi connectivity index (χ2n) is 4.05. The summed E-state index contributed by atoms with van der Waals surface area (Å²) in [5.41, 5.74) is -1.34. The highest BCUT2D eigenvalue weighted by Crippen LogP contribution is 2.40. The molecule has 2 atom stereocenters. The van der Waals surface area contributed by atoms with E-state index in [1.54, 1.807) is 0 Å². The lowest BCUT2D eigenvalue weighted by molar-refractivity contribution is -0.141. The molecular weight excluding hydrogens is 271 g/mol.